The highest BCUT2D eigenvalue weighted by atomic mass is 16.5. The Labute approximate surface area is 179 Å². The summed E-state index contributed by atoms with van der Waals surface area (Å²) in [5.74, 6) is -2.66. The summed E-state index contributed by atoms with van der Waals surface area (Å²) in [6.07, 6.45) is 5.77. The number of anilines is 1. The second-order valence-corrected chi connectivity index (χ2v) is 8.08. The van der Waals surface area contributed by atoms with E-state index in [0.29, 0.717) is 42.8 Å². The van der Waals surface area contributed by atoms with Crippen LogP contribution in [-0.2, 0) is 20.9 Å². The second kappa shape index (κ2) is 8.41. The maximum Gasteiger partial charge on any atom is 0.327 e. The third-order valence-electron chi connectivity index (χ3n) is 6.23. The number of nitrogens with zero attached hydrogens (tertiary/aromatic N) is 2. The summed E-state index contributed by atoms with van der Waals surface area (Å²) in [7, 11) is 1.47. The third-order valence-corrected chi connectivity index (χ3v) is 6.23. The van der Waals surface area contributed by atoms with E-state index in [9.17, 15) is 24.3 Å². The lowest BCUT2D eigenvalue weighted by Crippen LogP contribution is -2.35. The van der Waals surface area contributed by atoms with Gasteiger partial charge < -0.3 is 20.1 Å². The molecular weight excluding hydrogens is 402 g/mol. The summed E-state index contributed by atoms with van der Waals surface area (Å²) < 4.78 is 5.33. The van der Waals surface area contributed by atoms with Crippen molar-refractivity contribution < 1.29 is 29.0 Å². The van der Waals surface area contributed by atoms with E-state index in [1.807, 2.05) is 6.08 Å². The first kappa shape index (κ1) is 20.9. The first-order valence-corrected chi connectivity index (χ1v) is 10.4. The van der Waals surface area contributed by atoms with Crippen molar-refractivity contribution in [2.24, 2.45) is 11.8 Å². The fourth-order valence-corrected chi connectivity index (χ4v) is 4.56. The minimum atomic E-state index is -1.00. The molecule has 3 aliphatic rings. The summed E-state index contributed by atoms with van der Waals surface area (Å²) in [6, 6.07) is 4.41. The number of carboxylic acids is 1. The van der Waals surface area contributed by atoms with Gasteiger partial charge in [-0.25, -0.2) is 4.79 Å². The van der Waals surface area contributed by atoms with Gasteiger partial charge in [-0.2, -0.15) is 0 Å². The number of allylic oxidation sites excluding steroid dienone is 2. The smallest absolute Gasteiger partial charge is 0.327 e. The molecule has 2 fully saturated rings. The van der Waals surface area contributed by atoms with Crippen molar-refractivity contribution in [1.29, 1.82) is 0 Å². The van der Waals surface area contributed by atoms with E-state index in [1.165, 1.54) is 12.0 Å². The molecule has 1 aromatic rings. The van der Waals surface area contributed by atoms with Crippen LogP contribution in [0.4, 0.5) is 10.5 Å². The Bertz CT molecular complexity index is 937. The summed E-state index contributed by atoms with van der Waals surface area (Å²) >= 11 is 0. The van der Waals surface area contributed by atoms with Gasteiger partial charge in [0.25, 0.3) is 5.91 Å². The number of benzene rings is 1. The van der Waals surface area contributed by atoms with Crippen LogP contribution in [0.2, 0.25) is 0 Å². The molecule has 2 N–H and O–H groups in total. The summed E-state index contributed by atoms with van der Waals surface area (Å²) in [4.78, 5) is 52.4. The Morgan fingerprint density at radius 1 is 1.19 bits per heavy atom. The van der Waals surface area contributed by atoms with Gasteiger partial charge in [0.1, 0.15) is 11.8 Å². The number of hydrogen-bond donors (Lipinski definition) is 2. The van der Waals surface area contributed by atoms with Crippen molar-refractivity contribution in [2.45, 2.75) is 38.3 Å². The van der Waals surface area contributed by atoms with Crippen LogP contribution in [0, 0.1) is 11.8 Å². The van der Waals surface area contributed by atoms with E-state index in [0.717, 1.165) is 6.42 Å². The molecule has 0 aromatic heterocycles. The molecule has 2 heterocycles. The number of imide groups is 1. The summed E-state index contributed by atoms with van der Waals surface area (Å²) in [5, 5.41) is 12.2. The van der Waals surface area contributed by atoms with Gasteiger partial charge in [-0.05, 0) is 43.4 Å². The van der Waals surface area contributed by atoms with Crippen molar-refractivity contribution in [3.05, 3.63) is 35.9 Å². The Morgan fingerprint density at radius 2 is 1.94 bits per heavy atom. The molecule has 9 heteroatoms. The zero-order chi connectivity index (χ0) is 22.1. The highest BCUT2D eigenvalue weighted by Gasteiger charge is 2.47. The fourth-order valence-electron chi connectivity index (χ4n) is 4.56. The number of urea groups is 1. The average molecular weight is 427 g/mol. The predicted octanol–water partition coefficient (Wildman–Crippen LogP) is 2.23. The number of nitrogens with one attached hydrogen (secondary N) is 1. The van der Waals surface area contributed by atoms with E-state index in [-0.39, 0.29) is 24.5 Å². The average Bonchev–Trinajstić information content (AvgIpc) is 3.33. The number of carbonyl (C=O) groups is 4. The van der Waals surface area contributed by atoms with E-state index in [2.05, 4.69) is 5.32 Å². The molecule has 0 radical (unpaired) electrons. The van der Waals surface area contributed by atoms with Gasteiger partial charge in [0.15, 0.2) is 0 Å². The number of fused-ring (bicyclic) bond motifs is 1. The molecule has 3 unspecified atom stereocenters. The summed E-state index contributed by atoms with van der Waals surface area (Å²) in [6.45, 7) is 0.692. The maximum atomic E-state index is 12.9. The van der Waals surface area contributed by atoms with Crippen molar-refractivity contribution in [3.8, 4) is 5.75 Å². The van der Waals surface area contributed by atoms with Crippen LogP contribution in [0.25, 0.3) is 0 Å². The lowest BCUT2D eigenvalue weighted by Gasteiger charge is -2.25. The first-order valence-electron chi connectivity index (χ1n) is 10.4. The number of hydrogen-bond acceptors (Lipinski definition) is 5. The largest absolute Gasteiger partial charge is 0.495 e. The van der Waals surface area contributed by atoms with Crippen LogP contribution in [-0.4, -0.2) is 58.4 Å². The fraction of sp³-hybridized carbons (Fsp3) is 0.455. The van der Waals surface area contributed by atoms with Crippen LogP contribution in [0.3, 0.4) is 0 Å². The number of aliphatic carboxylic acids is 1. The topological polar surface area (TPSA) is 116 Å². The molecule has 0 saturated carbocycles. The van der Waals surface area contributed by atoms with Gasteiger partial charge in [0.2, 0.25) is 5.91 Å². The van der Waals surface area contributed by atoms with Crippen molar-refractivity contribution >= 4 is 29.5 Å². The van der Waals surface area contributed by atoms with E-state index in [4.69, 9.17) is 4.74 Å². The summed E-state index contributed by atoms with van der Waals surface area (Å²) in [5.41, 5.74) is 1.04. The maximum absolute atomic E-state index is 12.9. The molecule has 2 saturated heterocycles. The van der Waals surface area contributed by atoms with Crippen molar-refractivity contribution in [1.82, 2.24) is 9.80 Å². The van der Waals surface area contributed by atoms with Gasteiger partial charge in [-0.15, -0.1) is 0 Å². The molecule has 2 aliphatic heterocycles. The van der Waals surface area contributed by atoms with E-state index < -0.39 is 23.7 Å². The molecule has 3 atom stereocenters. The van der Waals surface area contributed by atoms with E-state index >= 15 is 0 Å². The highest BCUT2D eigenvalue weighted by molar-refractivity contribution is 6.04. The minimum Gasteiger partial charge on any atom is -0.495 e. The molecule has 31 heavy (non-hydrogen) atoms. The standard InChI is InChI=1S/C22H25N3O6/c1-31-18-9-8-13(12-25-20(27)17-7-4-10-24(17)22(25)30)11-16(18)23-19(26)14-5-2-3-6-15(14)21(28)29/h2-3,8-9,11,14-15,17H,4-7,10,12H2,1H3,(H,23,26)(H,28,29). The number of carbonyl (C=O) groups excluding carboxylic acids is 3. The predicted molar refractivity (Wildman–Crippen MR) is 110 cm³/mol. The molecule has 1 aromatic carbocycles. The lowest BCUT2D eigenvalue weighted by molar-refractivity contribution is -0.146. The normalized spacial score (nSPS) is 25.0. The van der Waals surface area contributed by atoms with Crippen LogP contribution < -0.4 is 10.1 Å². The molecular formula is C22H25N3O6. The molecule has 1 aliphatic carbocycles. The molecule has 4 rings (SSSR count). The molecule has 0 bridgehead atoms. The SMILES string of the molecule is COc1ccc(CN2C(=O)C3CCCN3C2=O)cc1NC(=O)C1CC=CCC1C(=O)O. The van der Waals surface area contributed by atoms with Crippen LogP contribution in [0.5, 0.6) is 5.75 Å². The Balaban J connectivity index is 1.52. The van der Waals surface area contributed by atoms with Crippen LogP contribution in [0.1, 0.15) is 31.2 Å². The Hall–Kier alpha value is -3.36. The monoisotopic (exact) mass is 427 g/mol. The molecule has 164 valence electrons. The number of amides is 4. The van der Waals surface area contributed by atoms with Gasteiger partial charge >= 0.3 is 12.0 Å². The third kappa shape index (κ3) is 3.87. The number of rotatable bonds is 6. The van der Waals surface area contributed by atoms with Crippen molar-refractivity contribution in [3.63, 3.8) is 0 Å². The van der Waals surface area contributed by atoms with Crippen molar-refractivity contribution in [2.75, 3.05) is 19.0 Å². The zero-order valence-electron chi connectivity index (χ0n) is 17.2. The van der Waals surface area contributed by atoms with Gasteiger partial charge in [-0.1, -0.05) is 18.2 Å². The highest BCUT2D eigenvalue weighted by Crippen LogP contribution is 2.32. The quantitative estimate of drug-likeness (QED) is 0.531. The van der Waals surface area contributed by atoms with Crippen LogP contribution in [0.15, 0.2) is 30.4 Å². The first-order chi connectivity index (χ1) is 14.9. The molecule has 9 nitrogen and oxygen atoms in total. The second-order valence-electron chi connectivity index (χ2n) is 8.08. The van der Waals surface area contributed by atoms with Crippen LogP contribution >= 0.6 is 0 Å². The molecule has 4 amide bonds. The molecule has 0 spiro atoms. The Kier molecular flexibility index (Phi) is 5.67. The minimum absolute atomic E-state index is 0.0987. The Morgan fingerprint density at radius 3 is 2.61 bits per heavy atom. The number of carboxylic acid groups (broad SMARTS) is 1. The number of ether oxygens (including phenoxy) is 1. The van der Waals surface area contributed by atoms with Gasteiger partial charge in [-0.3, -0.25) is 19.3 Å². The number of methoxy groups -OCH3 is 1. The van der Waals surface area contributed by atoms with E-state index in [1.54, 1.807) is 29.2 Å². The van der Waals surface area contributed by atoms with Gasteiger partial charge in [0.05, 0.1) is 31.2 Å². The lowest BCUT2D eigenvalue weighted by atomic mass is 9.82. The van der Waals surface area contributed by atoms with Gasteiger partial charge in [0, 0.05) is 6.54 Å². The zero-order valence-corrected chi connectivity index (χ0v) is 17.2.